The second kappa shape index (κ2) is 7.10. The third-order valence-corrected chi connectivity index (χ3v) is 4.27. The number of nitrogens with one attached hydrogen (secondary N) is 1. The van der Waals surface area contributed by atoms with Crippen molar-refractivity contribution in [3.05, 3.63) is 11.4 Å². The molecule has 0 bridgehead atoms. The smallest absolute Gasteiger partial charge is 0.137 e. The minimum atomic E-state index is 0.353. The van der Waals surface area contributed by atoms with Crippen LogP contribution in [0.5, 0.6) is 0 Å². The summed E-state index contributed by atoms with van der Waals surface area (Å²) in [5, 5.41) is 3.47. The molecule has 4 nitrogen and oxygen atoms in total. The van der Waals surface area contributed by atoms with Crippen LogP contribution in [-0.2, 0) is 0 Å². The highest BCUT2D eigenvalue weighted by Gasteiger charge is 2.24. The Labute approximate surface area is 129 Å². The number of hydrogen-bond donors (Lipinski definition) is 1. The van der Waals surface area contributed by atoms with Crippen LogP contribution in [0.25, 0.3) is 0 Å². The molecule has 1 N–H and O–H groups in total. The molecule has 1 saturated heterocycles. The second-order valence-electron chi connectivity index (χ2n) is 6.50. The van der Waals surface area contributed by atoms with Gasteiger partial charge in [0.25, 0.3) is 0 Å². The van der Waals surface area contributed by atoms with Crippen LogP contribution in [0.4, 0.5) is 11.6 Å². The van der Waals surface area contributed by atoms with Gasteiger partial charge in [0.1, 0.15) is 17.5 Å². The Hall–Kier alpha value is -1.32. The van der Waals surface area contributed by atoms with Crippen LogP contribution in [0.15, 0.2) is 0 Å². The molecule has 0 radical (unpaired) electrons. The fourth-order valence-corrected chi connectivity index (χ4v) is 2.89. The van der Waals surface area contributed by atoms with Gasteiger partial charge in [-0.05, 0) is 39.5 Å². The molecule has 2 heterocycles. The molecular weight excluding hydrogens is 260 g/mol. The van der Waals surface area contributed by atoms with Crippen molar-refractivity contribution >= 4 is 11.6 Å². The summed E-state index contributed by atoms with van der Waals surface area (Å²) in [4.78, 5) is 12.1. The molecule has 2 rings (SSSR count). The van der Waals surface area contributed by atoms with Crippen molar-refractivity contribution < 1.29 is 0 Å². The highest BCUT2D eigenvalue weighted by Crippen LogP contribution is 2.30. The highest BCUT2D eigenvalue weighted by atomic mass is 15.2. The van der Waals surface area contributed by atoms with Crippen LogP contribution >= 0.6 is 0 Å². The SMILES string of the molecule is CCCNc1nc(C(C)C)nc(N2CCCCC2C)c1C. The first-order valence-electron chi connectivity index (χ1n) is 8.43. The number of nitrogens with zero attached hydrogens (tertiary/aromatic N) is 3. The summed E-state index contributed by atoms with van der Waals surface area (Å²) < 4.78 is 0. The van der Waals surface area contributed by atoms with Gasteiger partial charge in [0.05, 0.1) is 0 Å². The molecule has 0 saturated carbocycles. The molecule has 1 aliphatic rings. The average Bonchev–Trinajstić information content (AvgIpc) is 2.47. The van der Waals surface area contributed by atoms with E-state index in [-0.39, 0.29) is 0 Å². The molecule has 1 atom stereocenters. The molecule has 0 aromatic carbocycles. The van der Waals surface area contributed by atoms with Crippen molar-refractivity contribution in [1.29, 1.82) is 0 Å². The van der Waals surface area contributed by atoms with E-state index in [9.17, 15) is 0 Å². The maximum absolute atomic E-state index is 4.89. The minimum absolute atomic E-state index is 0.353. The Morgan fingerprint density at radius 3 is 2.67 bits per heavy atom. The van der Waals surface area contributed by atoms with E-state index in [0.29, 0.717) is 12.0 Å². The summed E-state index contributed by atoms with van der Waals surface area (Å²) in [5.41, 5.74) is 1.20. The van der Waals surface area contributed by atoms with Crippen LogP contribution < -0.4 is 10.2 Å². The Morgan fingerprint density at radius 2 is 2.05 bits per heavy atom. The zero-order valence-corrected chi connectivity index (χ0v) is 14.2. The molecule has 21 heavy (non-hydrogen) atoms. The molecular formula is C17H30N4. The fraction of sp³-hybridized carbons (Fsp3) is 0.765. The fourth-order valence-electron chi connectivity index (χ4n) is 2.89. The number of aromatic nitrogens is 2. The van der Waals surface area contributed by atoms with E-state index in [0.717, 1.165) is 37.0 Å². The van der Waals surface area contributed by atoms with Gasteiger partial charge in [-0.25, -0.2) is 9.97 Å². The topological polar surface area (TPSA) is 41.1 Å². The van der Waals surface area contributed by atoms with Gasteiger partial charge in [-0.15, -0.1) is 0 Å². The third kappa shape index (κ3) is 3.66. The Balaban J connectivity index is 2.39. The predicted octanol–water partition coefficient (Wildman–Crippen LogP) is 4.11. The Kier molecular flexibility index (Phi) is 5.43. The van der Waals surface area contributed by atoms with Gasteiger partial charge < -0.3 is 10.2 Å². The first-order chi connectivity index (χ1) is 10.0. The summed E-state index contributed by atoms with van der Waals surface area (Å²) in [6.07, 6.45) is 4.97. The lowest BCUT2D eigenvalue weighted by Gasteiger charge is -2.36. The number of hydrogen-bond acceptors (Lipinski definition) is 4. The molecule has 4 heteroatoms. The van der Waals surface area contributed by atoms with Crippen LogP contribution in [0.2, 0.25) is 0 Å². The molecule has 1 aromatic rings. The summed E-state index contributed by atoms with van der Waals surface area (Å²) >= 11 is 0. The molecule has 0 spiro atoms. The van der Waals surface area contributed by atoms with Crippen molar-refractivity contribution in [3.8, 4) is 0 Å². The van der Waals surface area contributed by atoms with Crippen molar-refractivity contribution in [2.45, 2.75) is 72.3 Å². The van der Waals surface area contributed by atoms with Gasteiger partial charge in [0.15, 0.2) is 0 Å². The van der Waals surface area contributed by atoms with Crippen molar-refractivity contribution in [1.82, 2.24) is 9.97 Å². The predicted molar refractivity (Wildman–Crippen MR) is 90.3 cm³/mol. The largest absolute Gasteiger partial charge is 0.370 e. The standard InChI is InChI=1S/C17H30N4/c1-6-10-18-16-14(5)17(20-15(19-16)12(2)3)21-11-8-7-9-13(21)4/h12-13H,6-11H2,1-5H3,(H,18,19,20). The van der Waals surface area contributed by atoms with Crippen LogP contribution in [0.3, 0.4) is 0 Å². The summed E-state index contributed by atoms with van der Waals surface area (Å²) in [7, 11) is 0. The van der Waals surface area contributed by atoms with Gasteiger partial charge >= 0.3 is 0 Å². The van der Waals surface area contributed by atoms with Gasteiger partial charge in [-0.1, -0.05) is 20.8 Å². The monoisotopic (exact) mass is 290 g/mol. The van der Waals surface area contributed by atoms with E-state index >= 15 is 0 Å². The second-order valence-corrected chi connectivity index (χ2v) is 6.50. The highest BCUT2D eigenvalue weighted by molar-refractivity contribution is 5.59. The minimum Gasteiger partial charge on any atom is -0.370 e. The molecule has 118 valence electrons. The van der Waals surface area contributed by atoms with Crippen LogP contribution in [0, 0.1) is 6.92 Å². The molecule has 1 unspecified atom stereocenters. The zero-order chi connectivity index (χ0) is 15.4. The zero-order valence-electron chi connectivity index (χ0n) is 14.2. The van der Waals surface area contributed by atoms with E-state index in [4.69, 9.17) is 9.97 Å². The average molecular weight is 290 g/mol. The quantitative estimate of drug-likeness (QED) is 0.886. The van der Waals surface area contributed by atoms with Crippen molar-refractivity contribution in [2.75, 3.05) is 23.3 Å². The van der Waals surface area contributed by atoms with Crippen molar-refractivity contribution in [2.24, 2.45) is 0 Å². The lowest BCUT2D eigenvalue weighted by Crippen LogP contribution is -2.39. The maximum Gasteiger partial charge on any atom is 0.137 e. The molecule has 1 aliphatic heterocycles. The van der Waals surface area contributed by atoms with E-state index in [2.05, 4.69) is 44.8 Å². The van der Waals surface area contributed by atoms with E-state index in [1.807, 2.05) is 0 Å². The van der Waals surface area contributed by atoms with Gasteiger partial charge in [0.2, 0.25) is 0 Å². The van der Waals surface area contributed by atoms with Crippen LogP contribution in [0.1, 0.15) is 70.7 Å². The summed E-state index contributed by atoms with van der Waals surface area (Å²) in [6.45, 7) is 13.1. The molecule has 1 aromatic heterocycles. The van der Waals surface area contributed by atoms with Gasteiger partial charge in [0, 0.05) is 30.6 Å². The van der Waals surface area contributed by atoms with Gasteiger partial charge in [-0.3, -0.25) is 0 Å². The van der Waals surface area contributed by atoms with Crippen molar-refractivity contribution in [3.63, 3.8) is 0 Å². The molecule has 1 fully saturated rings. The van der Waals surface area contributed by atoms with E-state index in [1.54, 1.807) is 0 Å². The van der Waals surface area contributed by atoms with Crippen LogP contribution in [-0.4, -0.2) is 29.1 Å². The summed E-state index contributed by atoms with van der Waals surface area (Å²) in [6, 6.07) is 0.575. The van der Waals surface area contributed by atoms with E-state index < -0.39 is 0 Å². The number of rotatable bonds is 5. The van der Waals surface area contributed by atoms with Gasteiger partial charge in [-0.2, -0.15) is 0 Å². The number of anilines is 2. The molecule has 0 aliphatic carbocycles. The van der Waals surface area contributed by atoms with E-state index in [1.165, 1.54) is 24.8 Å². The molecule has 0 amide bonds. The normalized spacial score (nSPS) is 19.1. The Morgan fingerprint density at radius 1 is 1.29 bits per heavy atom. The maximum atomic E-state index is 4.89. The third-order valence-electron chi connectivity index (χ3n) is 4.27. The lowest BCUT2D eigenvalue weighted by molar-refractivity contribution is 0.479. The lowest BCUT2D eigenvalue weighted by atomic mass is 10.0. The first kappa shape index (κ1) is 16.1. The number of piperidine rings is 1. The Bertz CT molecular complexity index is 470. The summed E-state index contributed by atoms with van der Waals surface area (Å²) in [5.74, 6) is 3.46. The first-order valence-corrected chi connectivity index (χ1v) is 8.43.